The molecule has 3 rings (SSSR count). The third kappa shape index (κ3) is 4.43. The van der Waals surface area contributed by atoms with Gasteiger partial charge in [-0.15, -0.1) is 0 Å². The summed E-state index contributed by atoms with van der Waals surface area (Å²) in [6, 6.07) is 12.6. The molecule has 1 aliphatic rings. The zero-order chi connectivity index (χ0) is 19.4. The molecule has 7 heteroatoms. The Bertz CT molecular complexity index is 936. The summed E-state index contributed by atoms with van der Waals surface area (Å²) in [5.41, 5.74) is 3.18. The minimum atomic E-state index is -0.435. The van der Waals surface area contributed by atoms with Crippen LogP contribution < -0.4 is 16.0 Å². The van der Waals surface area contributed by atoms with E-state index >= 15 is 0 Å². The lowest BCUT2D eigenvalue weighted by Crippen LogP contribution is -2.37. The molecule has 27 heavy (non-hydrogen) atoms. The number of anilines is 1. The average molecular weight is 428 g/mol. The number of carbonyl (C=O) groups excluding carboxylic acids is 3. The zero-order valence-corrected chi connectivity index (χ0v) is 16.2. The van der Waals surface area contributed by atoms with Crippen LogP contribution in [0.4, 0.5) is 5.69 Å². The molecule has 2 aromatic carbocycles. The van der Waals surface area contributed by atoms with E-state index in [1.165, 1.54) is 0 Å². The van der Waals surface area contributed by atoms with Crippen molar-refractivity contribution in [2.75, 3.05) is 5.32 Å². The fourth-order valence-electron chi connectivity index (χ4n) is 2.67. The van der Waals surface area contributed by atoms with Crippen molar-refractivity contribution in [3.63, 3.8) is 0 Å². The summed E-state index contributed by atoms with van der Waals surface area (Å²) in [5, 5.41) is 8.25. The highest BCUT2D eigenvalue weighted by Gasteiger charge is 2.27. The molecule has 3 N–H and O–H groups in total. The first kappa shape index (κ1) is 18.8. The Balaban J connectivity index is 1.72. The Morgan fingerprint density at radius 3 is 2.52 bits per heavy atom. The highest BCUT2D eigenvalue weighted by molar-refractivity contribution is 9.10. The first-order valence-electron chi connectivity index (χ1n) is 8.46. The smallest absolute Gasteiger partial charge is 0.260 e. The van der Waals surface area contributed by atoms with Crippen molar-refractivity contribution in [2.45, 2.75) is 19.9 Å². The van der Waals surface area contributed by atoms with E-state index in [-0.39, 0.29) is 5.91 Å². The number of amides is 3. The van der Waals surface area contributed by atoms with Gasteiger partial charge in [0.2, 0.25) is 5.91 Å². The summed E-state index contributed by atoms with van der Waals surface area (Å²) in [6.45, 7) is 2.29. The van der Waals surface area contributed by atoms with Gasteiger partial charge in [0.05, 0.1) is 5.57 Å². The van der Waals surface area contributed by atoms with Crippen LogP contribution in [0.1, 0.15) is 34.8 Å². The van der Waals surface area contributed by atoms with Gasteiger partial charge in [-0.3, -0.25) is 19.7 Å². The van der Waals surface area contributed by atoms with E-state index in [2.05, 4.69) is 31.9 Å². The summed E-state index contributed by atoms with van der Waals surface area (Å²) in [7, 11) is 0. The summed E-state index contributed by atoms with van der Waals surface area (Å²) < 4.78 is 0.791. The second-order valence-corrected chi connectivity index (χ2v) is 6.93. The summed E-state index contributed by atoms with van der Waals surface area (Å²) in [6.07, 6.45) is 2.04. The number of imide groups is 1. The molecule has 0 fully saturated rings. The topological polar surface area (TPSA) is 87.3 Å². The molecule has 0 unspecified atom stereocenters. The third-order valence-electron chi connectivity index (χ3n) is 4.10. The molecule has 1 aliphatic heterocycles. The molecule has 0 spiro atoms. The Hall–Kier alpha value is -2.93. The highest BCUT2D eigenvalue weighted by atomic mass is 79.9. The van der Waals surface area contributed by atoms with Gasteiger partial charge in [-0.05, 0) is 35.9 Å². The van der Waals surface area contributed by atoms with Crippen LogP contribution in [0, 0.1) is 0 Å². The van der Waals surface area contributed by atoms with E-state index in [0.29, 0.717) is 29.7 Å². The van der Waals surface area contributed by atoms with E-state index in [1.54, 1.807) is 31.3 Å². The molecule has 0 aromatic heterocycles. The lowest BCUT2D eigenvalue weighted by atomic mass is 9.95. The van der Waals surface area contributed by atoms with Crippen molar-refractivity contribution in [2.24, 2.45) is 0 Å². The Morgan fingerprint density at radius 1 is 1.07 bits per heavy atom. The van der Waals surface area contributed by atoms with Gasteiger partial charge in [-0.25, -0.2) is 0 Å². The molecule has 0 atom stereocenters. The number of rotatable bonds is 5. The van der Waals surface area contributed by atoms with Crippen LogP contribution in [0.3, 0.4) is 0 Å². The Kier molecular flexibility index (Phi) is 5.71. The van der Waals surface area contributed by atoms with Crippen LogP contribution in [0.25, 0.3) is 5.57 Å². The molecule has 2 aromatic rings. The van der Waals surface area contributed by atoms with Gasteiger partial charge in [-0.1, -0.05) is 35.0 Å². The maximum absolute atomic E-state index is 12.2. The van der Waals surface area contributed by atoms with Crippen LogP contribution in [0.2, 0.25) is 0 Å². The quantitative estimate of drug-likeness (QED) is 0.504. The number of fused-ring (bicyclic) bond motifs is 1. The predicted octanol–water partition coefficient (Wildman–Crippen LogP) is 3.20. The maximum atomic E-state index is 12.2. The van der Waals surface area contributed by atoms with Gasteiger partial charge < -0.3 is 10.6 Å². The van der Waals surface area contributed by atoms with Gasteiger partial charge >= 0.3 is 0 Å². The number of hydrogen-bond donors (Lipinski definition) is 3. The van der Waals surface area contributed by atoms with E-state index in [1.807, 2.05) is 24.3 Å². The van der Waals surface area contributed by atoms with Crippen LogP contribution in [-0.2, 0) is 16.1 Å². The molecular formula is C20H18BrN3O3. The van der Waals surface area contributed by atoms with Crippen LogP contribution in [0.5, 0.6) is 0 Å². The van der Waals surface area contributed by atoms with E-state index in [0.717, 1.165) is 15.7 Å². The van der Waals surface area contributed by atoms with Crippen LogP contribution >= 0.6 is 15.9 Å². The number of benzene rings is 2. The minimum Gasteiger partial charge on any atom is -0.386 e. The number of hydrogen-bond acceptors (Lipinski definition) is 4. The molecule has 0 bridgehead atoms. The normalized spacial score (nSPS) is 14.5. The fourth-order valence-corrected chi connectivity index (χ4v) is 3.03. The Labute approximate surface area is 165 Å². The SMILES string of the molecule is CCC(=O)Nc1ccc(CN/C=C2\C(=O)NC(=O)c3ccc(Br)cc32)cc1. The van der Waals surface area contributed by atoms with Gasteiger partial charge in [0.1, 0.15) is 0 Å². The molecular weight excluding hydrogens is 410 g/mol. The minimum absolute atomic E-state index is 0.0340. The van der Waals surface area contributed by atoms with E-state index in [9.17, 15) is 14.4 Å². The zero-order valence-electron chi connectivity index (χ0n) is 14.6. The number of nitrogens with one attached hydrogen (secondary N) is 3. The van der Waals surface area contributed by atoms with Crippen molar-refractivity contribution in [3.8, 4) is 0 Å². The standard InChI is InChI=1S/C20H18BrN3O3/c1-2-18(25)23-14-6-3-12(4-7-14)10-22-11-17-16-9-13(21)5-8-15(16)19(26)24-20(17)27/h3-9,11,22H,2,10H2,1H3,(H,23,25)(H,24,26,27)/b17-11-. The fraction of sp³-hybridized carbons (Fsp3) is 0.150. The van der Waals surface area contributed by atoms with Gasteiger partial charge in [-0.2, -0.15) is 0 Å². The third-order valence-corrected chi connectivity index (χ3v) is 4.59. The molecule has 1 heterocycles. The first-order valence-corrected chi connectivity index (χ1v) is 9.25. The van der Waals surface area contributed by atoms with E-state index < -0.39 is 11.8 Å². The molecule has 0 saturated carbocycles. The summed E-state index contributed by atoms with van der Waals surface area (Å²) >= 11 is 3.37. The predicted molar refractivity (Wildman–Crippen MR) is 107 cm³/mol. The molecule has 0 aliphatic carbocycles. The lowest BCUT2D eigenvalue weighted by Gasteiger charge is -2.18. The largest absolute Gasteiger partial charge is 0.386 e. The number of carbonyl (C=O) groups is 3. The second-order valence-electron chi connectivity index (χ2n) is 6.01. The summed E-state index contributed by atoms with van der Waals surface area (Å²) in [5.74, 6) is -0.867. The van der Waals surface area contributed by atoms with Crippen molar-refractivity contribution >= 4 is 44.9 Å². The van der Waals surface area contributed by atoms with Gasteiger partial charge in [0.25, 0.3) is 11.8 Å². The molecule has 0 saturated heterocycles. The Morgan fingerprint density at radius 2 is 1.81 bits per heavy atom. The summed E-state index contributed by atoms with van der Waals surface area (Å²) in [4.78, 5) is 35.5. The molecule has 3 amide bonds. The lowest BCUT2D eigenvalue weighted by molar-refractivity contribution is -0.116. The molecule has 138 valence electrons. The van der Waals surface area contributed by atoms with Gasteiger partial charge in [0, 0.05) is 40.5 Å². The van der Waals surface area contributed by atoms with Crippen molar-refractivity contribution in [1.29, 1.82) is 0 Å². The van der Waals surface area contributed by atoms with Crippen LogP contribution in [-0.4, -0.2) is 17.7 Å². The van der Waals surface area contributed by atoms with Gasteiger partial charge in [0.15, 0.2) is 0 Å². The average Bonchev–Trinajstić information content (AvgIpc) is 2.65. The van der Waals surface area contributed by atoms with E-state index in [4.69, 9.17) is 0 Å². The maximum Gasteiger partial charge on any atom is 0.260 e. The molecule has 6 nitrogen and oxygen atoms in total. The van der Waals surface area contributed by atoms with Crippen molar-refractivity contribution < 1.29 is 14.4 Å². The van der Waals surface area contributed by atoms with Crippen molar-refractivity contribution in [3.05, 3.63) is 69.8 Å². The number of halogens is 1. The van der Waals surface area contributed by atoms with Crippen molar-refractivity contribution in [1.82, 2.24) is 10.6 Å². The molecule has 0 radical (unpaired) electrons. The highest BCUT2D eigenvalue weighted by Crippen LogP contribution is 2.26. The first-order chi connectivity index (χ1) is 13.0. The second kappa shape index (κ2) is 8.18. The monoisotopic (exact) mass is 427 g/mol. The van der Waals surface area contributed by atoms with Crippen LogP contribution in [0.15, 0.2) is 53.1 Å².